The summed E-state index contributed by atoms with van der Waals surface area (Å²) in [6.45, 7) is 0.844. The molecular weight excluding hydrogens is 248 g/mol. The van der Waals surface area contributed by atoms with Crippen LogP contribution in [0, 0.1) is 5.92 Å². The SMILES string of the molecule is O=C(O)/C=C/c1cc2c(cc1OCC1CC1)OCO2. The second-order valence-electron chi connectivity index (χ2n) is 4.67. The van der Waals surface area contributed by atoms with Gasteiger partial charge in [-0.3, -0.25) is 0 Å². The molecule has 5 nitrogen and oxygen atoms in total. The smallest absolute Gasteiger partial charge is 0.328 e. The fourth-order valence-electron chi connectivity index (χ4n) is 1.85. The fourth-order valence-corrected chi connectivity index (χ4v) is 1.85. The lowest BCUT2D eigenvalue weighted by Gasteiger charge is -2.10. The van der Waals surface area contributed by atoms with E-state index >= 15 is 0 Å². The Hall–Kier alpha value is -2.17. The molecule has 19 heavy (non-hydrogen) atoms. The van der Waals surface area contributed by atoms with Crippen LogP contribution < -0.4 is 14.2 Å². The van der Waals surface area contributed by atoms with Crippen LogP contribution in [0.25, 0.3) is 6.08 Å². The Bertz CT molecular complexity index is 531. The molecule has 100 valence electrons. The summed E-state index contributed by atoms with van der Waals surface area (Å²) in [7, 11) is 0. The van der Waals surface area contributed by atoms with Crippen molar-refractivity contribution in [1.82, 2.24) is 0 Å². The van der Waals surface area contributed by atoms with Gasteiger partial charge in [-0.15, -0.1) is 0 Å². The third kappa shape index (κ3) is 2.81. The molecule has 1 saturated carbocycles. The minimum atomic E-state index is -0.995. The van der Waals surface area contributed by atoms with Crippen molar-refractivity contribution in [3.05, 3.63) is 23.8 Å². The van der Waals surface area contributed by atoms with Crippen LogP contribution in [0.15, 0.2) is 18.2 Å². The van der Waals surface area contributed by atoms with Gasteiger partial charge in [0.05, 0.1) is 6.61 Å². The van der Waals surface area contributed by atoms with Gasteiger partial charge in [0.1, 0.15) is 5.75 Å². The first-order valence-corrected chi connectivity index (χ1v) is 6.20. The van der Waals surface area contributed by atoms with Gasteiger partial charge in [0, 0.05) is 17.7 Å². The van der Waals surface area contributed by atoms with Crippen LogP contribution in [0.3, 0.4) is 0 Å². The quantitative estimate of drug-likeness (QED) is 0.825. The molecule has 1 heterocycles. The van der Waals surface area contributed by atoms with Crippen LogP contribution in [0.2, 0.25) is 0 Å². The van der Waals surface area contributed by atoms with E-state index in [9.17, 15) is 4.79 Å². The molecule has 0 saturated heterocycles. The molecule has 2 aliphatic rings. The standard InChI is InChI=1S/C14H14O5/c15-14(16)4-3-10-5-12-13(19-8-18-12)6-11(10)17-7-9-1-2-9/h3-6,9H,1-2,7-8H2,(H,15,16)/b4-3+. The summed E-state index contributed by atoms with van der Waals surface area (Å²) in [5.74, 6) is 1.52. The fraction of sp³-hybridized carbons (Fsp3) is 0.357. The second-order valence-corrected chi connectivity index (χ2v) is 4.67. The van der Waals surface area contributed by atoms with Gasteiger partial charge in [0.2, 0.25) is 6.79 Å². The van der Waals surface area contributed by atoms with Gasteiger partial charge in [-0.2, -0.15) is 0 Å². The molecule has 3 rings (SSSR count). The van der Waals surface area contributed by atoms with Crippen molar-refractivity contribution >= 4 is 12.0 Å². The lowest BCUT2D eigenvalue weighted by molar-refractivity contribution is -0.131. The van der Waals surface area contributed by atoms with Gasteiger partial charge in [-0.25, -0.2) is 4.79 Å². The van der Waals surface area contributed by atoms with E-state index in [1.54, 1.807) is 12.1 Å². The molecule has 1 aliphatic carbocycles. The maximum absolute atomic E-state index is 10.6. The molecule has 1 aromatic rings. The molecule has 0 spiro atoms. The minimum Gasteiger partial charge on any atom is -0.493 e. The lowest BCUT2D eigenvalue weighted by atomic mass is 10.1. The Labute approximate surface area is 110 Å². The third-order valence-electron chi connectivity index (χ3n) is 3.08. The van der Waals surface area contributed by atoms with Crippen LogP contribution in [-0.4, -0.2) is 24.5 Å². The molecule has 1 N–H and O–H groups in total. The van der Waals surface area contributed by atoms with Crippen LogP contribution in [-0.2, 0) is 4.79 Å². The van der Waals surface area contributed by atoms with E-state index in [0.717, 1.165) is 6.08 Å². The van der Waals surface area contributed by atoms with E-state index in [1.807, 2.05) is 0 Å². The number of hydrogen-bond donors (Lipinski definition) is 1. The zero-order valence-electron chi connectivity index (χ0n) is 10.3. The summed E-state index contributed by atoms with van der Waals surface area (Å²) < 4.78 is 16.3. The number of aliphatic carboxylic acids is 1. The van der Waals surface area contributed by atoms with Crippen molar-refractivity contribution in [3.8, 4) is 17.2 Å². The second kappa shape index (κ2) is 4.84. The zero-order chi connectivity index (χ0) is 13.2. The van der Waals surface area contributed by atoms with Gasteiger partial charge in [-0.1, -0.05) is 0 Å². The van der Waals surface area contributed by atoms with Crippen molar-refractivity contribution in [1.29, 1.82) is 0 Å². The van der Waals surface area contributed by atoms with Gasteiger partial charge in [0.15, 0.2) is 11.5 Å². The molecule has 0 bridgehead atoms. The summed E-state index contributed by atoms with van der Waals surface area (Å²) in [5, 5.41) is 8.70. The number of carboxylic acids is 1. The molecular formula is C14H14O5. The number of hydrogen-bond acceptors (Lipinski definition) is 4. The predicted molar refractivity (Wildman–Crippen MR) is 67.5 cm³/mol. The Balaban J connectivity index is 1.86. The first-order valence-electron chi connectivity index (χ1n) is 6.20. The summed E-state index contributed by atoms with van der Waals surface area (Å²) in [6.07, 6.45) is 4.99. The topological polar surface area (TPSA) is 65.0 Å². The molecule has 0 aromatic heterocycles. The molecule has 5 heteroatoms. The highest BCUT2D eigenvalue weighted by Crippen LogP contribution is 2.39. The Morgan fingerprint density at radius 2 is 2.11 bits per heavy atom. The maximum Gasteiger partial charge on any atom is 0.328 e. The van der Waals surface area contributed by atoms with Gasteiger partial charge < -0.3 is 19.3 Å². The van der Waals surface area contributed by atoms with Crippen molar-refractivity contribution in [2.75, 3.05) is 13.4 Å². The molecule has 1 aliphatic heterocycles. The average molecular weight is 262 g/mol. The minimum absolute atomic E-state index is 0.184. The molecule has 0 amide bonds. The number of benzene rings is 1. The van der Waals surface area contributed by atoms with Crippen LogP contribution in [0.4, 0.5) is 0 Å². The van der Waals surface area contributed by atoms with Crippen LogP contribution in [0.1, 0.15) is 18.4 Å². The predicted octanol–water partition coefficient (Wildman–Crippen LogP) is 2.30. The highest BCUT2D eigenvalue weighted by atomic mass is 16.7. The van der Waals surface area contributed by atoms with E-state index < -0.39 is 5.97 Å². The summed E-state index contributed by atoms with van der Waals surface area (Å²) in [4.78, 5) is 10.6. The molecule has 1 fully saturated rings. The van der Waals surface area contributed by atoms with Crippen molar-refractivity contribution in [2.24, 2.45) is 5.92 Å². The van der Waals surface area contributed by atoms with E-state index in [-0.39, 0.29) is 6.79 Å². The Morgan fingerprint density at radius 3 is 2.79 bits per heavy atom. The molecule has 0 radical (unpaired) electrons. The maximum atomic E-state index is 10.6. The highest BCUT2D eigenvalue weighted by molar-refractivity contribution is 5.86. The summed E-state index contributed by atoms with van der Waals surface area (Å²) in [5.41, 5.74) is 0.687. The lowest BCUT2D eigenvalue weighted by Crippen LogP contribution is -2.00. The Kier molecular flexibility index (Phi) is 3.03. The first kappa shape index (κ1) is 11.9. The van der Waals surface area contributed by atoms with Crippen molar-refractivity contribution in [2.45, 2.75) is 12.8 Å². The number of ether oxygens (including phenoxy) is 3. The first-order chi connectivity index (χ1) is 9.22. The number of fused-ring (bicyclic) bond motifs is 1. The molecule has 0 unspecified atom stereocenters. The highest BCUT2D eigenvalue weighted by Gasteiger charge is 2.23. The van der Waals surface area contributed by atoms with Gasteiger partial charge in [-0.05, 0) is 30.9 Å². The number of carboxylic acid groups (broad SMARTS) is 1. The van der Waals surface area contributed by atoms with Gasteiger partial charge >= 0.3 is 5.97 Å². The summed E-state index contributed by atoms with van der Waals surface area (Å²) >= 11 is 0. The van der Waals surface area contributed by atoms with E-state index in [0.29, 0.717) is 35.3 Å². The molecule has 1 aromatic carbocycles. The largest absolute Gasteiger partial charge is 0.493 e. The van der Waals surface area contributed by atoms with Crippen molar-refractivity contribution in [3.63, 3.8) is 0 Å². The Morgan fingerprint density at radius 1 is 1.37 bits per heavy atom. The van der Waals surface area contributed by atoms with Crippen molar-refractivity contribution < 1.29 is 24.1 Å². The third-order valence-corrected chi connectivity index (χ3v) is 3.08. The van der Waals surface area contributed by atoms with E-state index in [1.165, 1.54) is 18.9 Å². The van der Waals surface area contributed by atoms with E-state index in [2.05, 4.69) is 0 Å². The van der Waals surface area contributed by atoms with Gasteiger partial charge in [0.25, 0.3) is 0 Å². The monoisotopic (exact) mass is 262 g/mol. The normalized spacial score (nSPS) is 16.8. The summed E-state index contributed by atoms with van der Waals surface area (Å²) in [6, 6.07) is 3.50. The number of rotatable bonds is 5. The van der Waals surface area contributed by atoms with Crippen LogP contribution >= 0.6 is 0 Å². The molecule has 0 atom stereocenters. The number of carbonyl (C=O) groups is 1. The van der Waals surface area contributed by atoms with E-state index in [4.69, 9.17) is 19.3 Å². The average Bonchev–Trinajstić information content (AvgIpc) is 3.10. The van der Waals surface area contributed by atoms with Crippen LogP contribution in [0.5, 0.6) is 17.2 Å². The zero-order valence-corrected chi connectivity index (χ0v) is 10.3.